The van der Waals surface area contributed by atoms with Crippen LogP contribution in [0.4, 0.5) is 0 Å². The van der Waals surface area contributed by atoms with Crippen LogP contribution < -0.4 is 0 Å². The molecule has 0 aliphatic carbocycles. The van der Waals surface area contributed by atoms with Crippen LogP contribution in [0.25, 0.3) is 0 Å². The summed E-state index contributed by atoms with van der Waals surface area (Å²) < 4.78 is 0. The molecule has 24 heavy (non-hydrogen) atoms. The Kier molecular flexibility index (Phi) is 6.26. The molecule has 0 aliphatic heterocycles. The lowest BCUT2D eigenvalue weighted by Crippen LogP contribution is -2.30. The van der Waals surface area contributed by atoms with Crippen LogP contribution >= 0.6 is 0 Å². The molecule has 0 atom stereocenters. The van der Waals surface area contributed by atoms with Crippen molar-refractivity contribution in [1.29, 1.82) is 0 Å². The van der Waals surface area contributed by atoms with E-state index in [1.807, 2.05) is 93.5 Å². The van der Waals surface area contributed by atoms with Crippen LogP contribution in [0.1, 0.15) is 80.4 Å². The van der Waals surface area contributed by atoms with E-state index in [0.29, 0.717) is 0 Å². The first-order valence-electron chi connectivity index (χ1n) is 8.47. The first kappa shape index (κ1) is 21.1. The summed E-state index contributed by atoms with van der Waals surface area (Å²) in [6.45, 7) is 19.7. The summed E-state index contributed by atoms with van der Waals surface area (Å²) in [5.41, 5.74) is 0.276. The molecule has 0 N–H and O–H groups in total. The van der Waals surface area contributed by atoms with Gasteiger partial charge in [-0.1, -0.05) is 24.3 Å². The highest BCUT2D eigenvalue weighted by molar-refractivity contribution is 5.29. The van der Waals surface area contributed by atoms with Crippen molar-refractivity contribution >= 4 is 0 Å². The zero-order valence-electron chi connectivity index (χ0n) is 16.9. The molecule has 1 rings (SSSR count). The lowest BCUT2D eigenvalue weighted by Gasteiger charge is -2.31. The molecule has 0 fully saturated rings. The molecular formula is C20H34O4. The van der Waals surface area contributed by atoms with E-state index in [1.54, 1.807) is 0 Å². The normalized spacial score (nSPS) is 14.1. The van der Waals surface area contributed by atoms with Crippen molar-refractivity contribution in [3.8, 4) is 0 Å². The van der Waals surface area contributed by atoms with Crippen molar-refractivity contribution in [2.24, 2.45) is 0 Å². The number of hydrogen-bond donors (Lipinski definition) is 0. The van der Waals surface area contributed by atoms with Crippen LogP contribution in [0.15, 0.2) is 24.3 Å². The first-order valence-corrected chi connectivity index (χ1v) is 8.47. The predicted molar refractivity (Wildman–Crippen MR) is 96.3 cm³/mol. The van der Waals surface area contributed by atoms with E-state index in [9.17, 15) is 0 Å². The quantitative estimate of drug-likeness (QED) is 0.496. The molecule has 0 aliphatic rings. The summed E-state index contributed by atoms with van der Waals surface area (Å²) in [5.74, 6) is 0. The maximum atomic E-state index is 5.64. The Labute approximate surface area is 147 Å². The van der Waals surface area contributed by atoms with Gasteiger partial charge in [0, 0.05) is 0 Å². The van der Waals surface area contributed by atoms with Crippen molar-refractivity contribution in [3.63, 3.8) is 0 Å². The maximum absolute atomic E-state index is 5.64. The molecule has 0 amide bonds. The second kappa shape index (κ2) is 7.12. The largest absolute Gasteiger partial charge is 0.230 e. The number of rotatable bonds is 6. The zero-order chi connectivity index (χ0) is 18.8. The SMILES string of the molecule is CC(C)(C)OOC(C)(C)c1ccc(C(C)(C)OOC(C)(C)C)cc1. The molecule has 0 spiro atoms. The van der Waals surface area contributed by atoms with Crippen molar-refractivity contribution < 1.29 is 19.6 Å². The van der Waals surface area contributed by atoms with Crippen molar-refractivity contribution in [1.82, 2.24) is 0 Å². The Morgan fingerprint density at radius 3 is 0.917 bits per heavy atom. The Bertz CT molecular complexity index is 467. The van der Waals surface area contributed by atoms with E-state index in [2.05, 4.69) is 0 Å². The predicted octanol–water partition coefficient (Wildman–Crippen LogP) is 5.65. The minimum atomic E-state index is -0.543. The molecule has 0 radical (unpaired) electrons. The number of benzene rings is 1. The Hall–Kier alpha value is -0.940. The van der Waals surface area contributed by atoms with E-state index in [4.69, 9.17) is 19.6 Å². The summed E-state index contributed by atoms with van der Waals surface area (Å²) in [7, 11) is 0. The third kappa shape index (κ3) is 6.89. The maximum Gasteiger partial charge on any atom is 0.123 e. The summed E-state index contributed by atoms with van der Waals surface area (Å²) in [4.78, 5) is 22.2. The Morgan fingerprint density at radius 1 is 0.458 bits per heavy atom. The molecule has 4 heteroatoms. The van der Waals surface area contributed by atoms with Crippen LogP contribution in [0.5, 0.6) is 0 Å². The van der Waals surface area contributed by atoms with Gasteiger partial charge in [-0.15, -0.1) is 0 Å². The van der Waals surface area contributed by atoms with Gasteiger partial charge in [-0.25, -0.2) is 19.6 Å². The molecule has 138 valence electrons. The third-order valence-electron chi connectivity index (χ3n) is 3.28. The van der Waals surface area contributed by atoms with Crippen molar-refractivity contribution in [2.75, 3.05) is 0 Å². The van der Waals surface area contributed by atoms with Gasteiger partial charge >= 0.3 is 0 Å². The average molecular weight is 338 g/mol. The molecule has 0 heterocycles. The topological polar surface area (TPSA) is 36.9 Å². The fourth-order valence-electron chi connectivity index (χ4n) is 1.83. The van der Waals surface area contributed by atoms with E-state index < -0.39 is 11.2 Å². The molecule has 0 bridgehead atoms. The van der Waals surface area contributed by atoms with Crippen LogP contribution in [0.2, 0.25) is 0 Å². The average Bonchev–Trinajstić information content (AvgIpc) is 2.42. The first-order chi connectivity index (χ1) is 10.6. The van der Waals surface area contributed by atoms with Gasteiger partial charge < -0.3 is 0 Å². The van der Waals surface area contributed by atoms with Crippen LogP contribution in [-0.2, 0) is 30.8 Å². The number of hydrogen-bond acceptors (Lipinski definition) is 4. The highest BCUT2D eigenvalue weighted by Crippen LogP contribution is 2.31. The fourth-order valence-corrected chi connectivity index (χ4v) is 1.83. The Morgan fingerprint density at radius 2 is 0.708 bits per heavy atom. The van der Waals surface area contributed by atoms with Crippen molar-refractivity contribution in [2.45, 2.75) is 91.6 Å². The second-order valence-electron chi connectivity index (χ2n) is 9.16. The standard InChI is InChI=1S/C20H34O4/c1-17(2,3)21-23-19(7,8)15-11-13-16(14-12-15)20(9,10)24-22-18(4,5)6/h11-14H,1-10H3. The summed E-state index contributed by atoms with van der Waals surface area (Å²) in [5, 5.41) is 0. The monoisotopic (exact) mass is 338 g/mol. The van der Waals surface area contributed by atoms with Crippen LogP contribution in [-0.4, -0.2) is 11.2 Å². The highest BCUT2D eigenvalue weighted by atomic mass is 17.2. The van der Waals surface area contributed by atoms with Crippen LogP contribution in [0, 0.1) is 0 Å². The fraction of sp³-hybridized carbons (Fsp3) is 0.700. The van der Waals surface area contributed by atoms with E-state index in [1.165, 1.54) is 0 Å². The second-order valence-corrected chi connectivity index (χ2v) is 9.16. The van der Waals surface area contributed by atoms with E-state index in [-0.39, 0.29) is 11.2 Å². The molecule has 0 unspecified atom stereocenters. The third-order valence-corrected chi connectivity index (χ3v) is 3.28. The van der Waals surface area contributed by atoms with Gasteiger partial charge in [0.15, 0.2) is 0 Å². The molecular weight excluding hydrogens is 304 g/mol. The van der Waals surface area contributed by atoms with Gasteiger partial charge in [-0.2, -0.15) is 0 Å². The van der Waals surface area contributed by atoms with Gasteiger partial charge in [0.05, 0.1) is 11.2 Å². The minimum Gasteiger partial charge on any atom is -0.230 e. The molecule has 4 nitrogen and oxygen atoms in total. The molecule has 1 aromatic carbocycles. The Balaban J connectivity index is 2.84. The minimum absolute atomic E-state index is 0.350. The summed E-state index contributed by atoms with van der Waals surface area (Å²) >= 11 is 0. The highest BCUT2D eigenvalue weighted by Gasteiger charge is 2.29. The van der Waals surface area contributed by atoms with E-state index >= 15 is 0 Å². The van der Waals surface area contributed by atoms with Gasteiger partial charge in [-0.3, -0.25) is 0 Å². The lowest BCUT2D eigenvalue weighted by molar-refractivity contribution is -0.402. The lowest BCUT2D eigenvalue weighted by atomic mass is 9.92. The van der Waals surface area contributed by atoms with Gasteiger partial charge in [0.25, 0.3) is 0 Å². The van der Waals surface area contributed by atoms with Crippen LogP contribution in [0.3, 0.4) is 0 Å². The van der Waals surface area contributed by atoms with Gasteiger partial charge in [-0.05, 0) is 80.4 Å². The smallest absolute Gasteiger partial charge is 0.123 e. The van der Waals surface area contributed by atoms with Crippen molar-refractivity contribution in [3.05, 3.63) is 35.4 Å². The molecule has 0 aromatic heterocycles. The molecule has 0 saturated heterocycles. The van der Waals surface area contributed by atoms with Gasteiger partial charge in [0.2, 0.25) is 0 Å². The summed E-state index contributed by atoms with van der Waals surface area (Å²) in [6, 6.07) is 8.13. The zero-order valence-corrected chi connectivity index (χ0v) is 16.9. The molecule has 1 aromatic rings. The van der Waals surface area contributed by atoms with Gasteiger partial charge in [0.1, 0.15) is 11.2 Å². The summed E-state index contributed by atoms with van der Waals surface area (Å²) in [6.07, 6.45) is 0. The molecule has 0 saturated carbocycles. The van der Waals surface area contributed by atoms with E-state index in [0.717, 1.165) is 11.1 Å².